The van der Waals surface area contributed by atoms with Gasteiger partial charge in [-0.05, 0) is 32.6 Å². The van der Waals surface area contributed by atoms with Gasteiger partial charge >= 0.3 is 0 Å². The van der Waals surface area contributed by atoms with Gasteiger partial charge in [0.05, 0.1) is 5.69 Å². The maximum absolute atomic E-state index is 12.6. The van der Waals surface area contributed by atoms with Gasteiger partial charge in [0.15, 0.2) is 5.13 Å². The van der Waals surface area contributed by atoms with Crippen molar-refractivity contribution in [3.05, 3.63) is 10.6 Å². The molecule has 0 aliphatic heterocycles. The van der Waals surface area contributed by atoms with Crippen molar-refractivity contribution >= 4 is 22.4 Å². The van der Waals surface area contributed by atoms with Crippen LogP contribution in [-0.2, 0) is 0 Å². The van der Waals surface area contributed by atoms with Crippen LogP contribution in [-0.4, -0.2) is 23.0 Å². The Balaban J connectivity index is 1.59. The van der Waals surface area contributed by atoms with E-state index in [1.807, 2.05) is 6.92 Å². The monoisotopic (exact) mass is 335 g/mol. The molecule has 0 radical (unpaired) electrons. The Morgan fingerprint density at radius 2 is 1.52 bits per heavy atom. The van der Waals surface area contributed by atoms with Crippen molar-refractivity contribution in [2.75, 3.05) is 5.32 Å². The van der Waals surface area contributed by atoms with Crippen LogP contribution in [0.15, 0.2) is 0 Å². The van der Waals surface area contributed by atoms with Crippen molar-refractivity contribution < 1.29 is 4.79 Å². The molecule has 2 saturated carbocycles. The molecule has 0 aromatic carbocycles. The Labute approximate surface area is 143 Å². The second-order valence-corrected chi connectivity index (χ2v) is 8.07. The number of nitrogens with one attached hydrogen (secondary N) is 2. The summed E-state index contributed by atoms with van der Waals surface area (Å²) in [4.78, 5) is 18.0. The number of anilines is 1. The van der Waals surface area contributed by atoms with E-state index in [-0.39, 0.29) is 5.91 Å². The third kappa shape index (κ3) is 4.69. The summed E-state index contributed by atoms with van der Waals surface area (Å²) in [5.74, 6) is 0.0728. The minimum atomic E-state index is 0.0728. The molecule has 2 N–H and O–H groups in total. The van der Waals surface area contributed by atoms with Crippen LogP contribution in [0.4, 0.5) is 5.13 Å². The molecule has 1 aromatic heterocycles. The second-order valence-electron chi connectivity index (χ2n) is 7.07. The molecule has 2 fully saturated rings. The molecule has 0 saturated heterocycles. The number of hydrogen-bond acceptors (Lipinski definition) is 4. The van der Waals surface area contributed by atoms with Crippen molar-refractivity contribution in [3.63, 3.8) is 0 Å². The highest BCUT2D eigenvalue weighted by Gasteiger charge is 2.21. The van der Waals surface area contributed by atoms with Crippen molar-refractivity contribution in [1.82, 2.24) is 10.3 Å². The van der Waals surface area contributed by atoms with Crippen molar-refractivity contribution in [1.29, 1.82) is 0 Å². The Bertz CT molecular complexity index is 514. The Hall–Kier alpha value is -1.10. The van der Waals surface area contributed by atoms with Crippen LogP contribution in [0.3, 0.4) is 0 Å². The zero-order chi connectivity index (χ0) is 16.1. The number of rotatable bonds is 4. The zero-order valence-corrected chi connectivity index (χ0v) is 15.0. The van der Waals surface area contributed by atoms with Gasteiger partial charge in [-0.15, -0.1) is 0 Å². The van der Waals surface area contributed by atoms with E-state index < -0.39 is 0 Å². The van der Waals surface area contributed by atoms with Crippen LogP contribution in [0, 0.1) is 6.92 Å². The molecule has 0 spiro atoms. The van der Waals surface area contributed by atoms with E-state index in [2.05, 4.69) is 15.6 Å². The Kier molecular flexibility index (Phi) is 5.92. The van der Waals surface area contributed by atoms with E-state index in [4.69, 9.17) is 0 Å². The van der Waals surface area contributed by atoms with Crippen LogP contribution in [0.5, 0.6) is 0 Å². The average Bonchev–Trinajstić information content (AvgIpc) is 2.74. The third-order valence-corrected chi connectivity index (χ3v) is 6.21. The molecule has 4 nitrogen and oxygen atoms in total. The first-order valence-electron chi connectivity index (χ1n) is 9.27. The van der Waals surface area contributed by atoms with Gasteiger partial charge < -0.3 is 10.6 Å². The average molecular weight is 336 g/mol. The van der Waals surface area contributed by atoms with E-state index >= 15 is 0 Å². The van der Waals surface area contributed by atoms with Gasteiger partial charge in [0.2, 0.25) is 0 Å². The standard InChI is InChI=1S/C18H29N3OS/c1-13-16(17(22)20-14-9-5-2-3-6-10-14)23-18(19-13)21-15-11-7-4-8-12-15/h14-15H,2-12H2,1H3,(H,19,21)(H,20,22). The summed E-state index contributed by atoms with van der Waals surface area (Å²) in [5, 5.41) is 7.69. The summed E-state index contributed by atoms with van der Waals surface area (Å²) < 4.78 is 0. The van der Waals surface area contributed by atoms with E-state index in [1.165, 1.54) is 69.1 Å². The molecule has 0 bridgehead atoms. The quantitative estimate of drug-likeness (QED) is 0.788. The molecular weight excluding hydrogens is 306 g/mol. The van der Waals surface area contributed by atoms with Crippen molar-refractivity contribution in [3.8, 4) is 0 Å². The van der Waals surface area contributed by atoms with Crippen LogP contribution >= 0.6 is 11.3 Å². The highest BCUT2D eigenvalue weighted by molar-refractivity contribution is 7.17. The normalized spacial score (nSPS) is 20.9. The lowest BCUT2D eigenvalue weighted by Gasteiger charge is -2.22. The summed E-state index contributed by atoms with van der Waals surface area (Å²) >= 11 is 1.52. The maximum Gasteiger partial charge on any atom is 0.263 e. The first-order valence-corrected chi connectivity index (χ1v) is 10.1. The second kappa shape index (κ2) is 8.13. The van der Waals surface area contributed by atoms with Gasteiger partial charge in [-0.1, -0.05) is 56.3 Å². The highest BCUT2D eigenvalue weighted by Crippen LogP contribution is 2.27. The number of carbonyl (C=O) groups is 1. The SMILES string of the molecule is Cc1nc(NC2CCCCC2)sc1C(=O)NC1CCCCCC1. The molecule has 0 atom stereocenters. The van der Waals surface area contributed by atoms with Crippen LogP contribution in [0.25, 0.3) is 0 Å². The van der Waals surface area contributed by atoms with E-state index in [0.717, 1.165) is 28.5 Å². The molecule has 3 rings (SSSR count). The number of hydrogen-bond donors (Lipinski definition) is 2. The zero-order valence-electron chi connectivity index (χ0n) is 14.2. The minimum Gasteiger partial charge on any atom is -0.359 e. The summed E-state index contributed by atoms with van der Waals surface area (Å²) in [6.45, 7) is 1.95. The summed E-state index contributed by atoms with van der Waals surface area (Å²) in [5.41, 5.74) is 0.861. The van der Waals surface area contributed by atoms with Gasteiger partial charge in [0.25, 0.3) is 5.91 Å². The topological polar surface area (TPSA) is 54.0 Å². The molecule has 128 valence electrons. The molecule has 23 heavy (non-hydrogen) atoms. The third-order valence-electron chi connectivity index (χ3n) is 5.13. The number of aromatic nitrogens is 1. The predicted octanol–water partition coefficient (Wildman–Crippen LogP) is 4.65. The van der Waals surface area contributed by atoms with Crippen molar-refractivity contribution in [2.24, 2.45) is 0 Å². The number of amides is 1. The van der Waals surface area contributed by atoms with Crippen LogP contribution < -0.4 is 10.6 Å². The molecule has 2 aliphatic rings. The fourth-order valence-corrected chi connectivity index (χ4v) is 4.71. The van der Waals surface area contributed by atoms with Gasteiger partial charge in [0, 0.05) is 12.1 Å². The smallest absolute Gasteiger partial charge is 0.263 e. The van der Waals surface area contributed by atoms with E-state index in [1.54, 1.807) is 0 Å². The lowest BCUT2D eigenvalue weighted by molar-refractivity contribution is 0.0936. The number of thiazole rings is 1. The minimum absolute atomic E-state index is 0.0728. The maximum atomic E-state index is 12.6. The number of carbonyl (C=O) groups excluding carboxylic acids is 1. The first kappa shape index (κ1) is 16.7. The lowest BCUT2D eigenvalue weighted by atomic mass is 9.96. The summed E-state index contributed by atoms with van der Waals surface area (Å²) in [6, 6.07) is 0.883. The van der Waals surface area contributed by atoms with Gasteiger partial charge in [0.1, 0.15) is 4.88 Å². The van der Waals surface area contributed by atoms with Crippen LogP contribution in [0.1, 0.15) is 86.0 Å². The fraction of sp³-hybridized carbons (Fsp3) is 0.778. The molecule has 1 aromatic rings. The fourth-order valence-electron chi connectivity index (χ4n) is 3.77. The molecule has 2 aliphatic carbocycles. The Morgan fingerprint density at radius 3 is 2.17 bits per heavy atom. The predicted molar refractivity (Wildman–Crippen MR) is 96.3 cm³/mol. The van der Waals surface area contributed by atoms with Crippen molar-refractivity contribution in [2.45, 2.75) is 89.6 Å². The molecule has 1 heterocycles. The lowest BCUT2D eigenvalue weighted by Crippen LogP contribution is -2.34. The van der Waals surface area contributed by atoms with Gasteiger partial charge in [-0.3, -0.25) is 4.79 Å². The first-order chi connectivity index (χ1) is 11.2. The van der Waals surface area contributed by atoms with Gasteiger partial charge in [-0.25, -0.2) is 4.98 Å². The summed E-state index contributed by atoms with van der Waals surface area (Å²) in [7, 11) is 0. The highest BCUT2D eigenvalue weighted by atomic mass is 32.1. The largest absolute Gasteiger partial charge is 0.359 e. The van der Waals surface area contributed by atoms with Gasteiger partial charge in [-0.2, -0.15) is 0 Å². The number of aryl methyl sites for hydroxylation is 1. The molecule has 5 heteroatoms. The van der Waals surface area contributed by atoms with E-state index in [9.17, 15) is 4.79 Å². The van der Waals surface area contributed by atoms with Crippen LogP contribution in [0.2, 0.25) is 0 Å². The Morgan fingerprint density at radius 1 is 0.957 bits per heavy atom. The molecule has 1 amide bonds. The van der Waals surface area contributed by atoms with E-state index in [0.29, 0.717) is 12.1 Å². The molecular formula is C18H29N3OS. The summed E-state index contributed by atoms with van der Waals surface area (Å²) in [6.07, 6.45) is 13.7. The number of nitrogens with zero attached hydrogens (tertiary/aromatic N) is 1. The molecule has 0 unspecified atom stereocenters.